The lowest BCUT2D eigenvalue weighted by Gasteiger charge is -1.99. The monoisotopic (exact) mass is 415 g/mol. The Labute approximate surface area is 168 Å². The molecule has 1 aromatic carbocycles. The first-order valence-electron chi connectivity index (χ1n) is 8.54. The molecule has 0 amide bonds. The molecule has 0 aliphatic heterocycles. The summed E-state index contributed by atoms with van der Waals surface area (Å²) in [4.78, 5) is 17.4. The van der Waals surface area contributed by atoms with Crippen LogP contribution in [0.15, 0.2) is 44.8 Å². The molecule has 0 spiro atoms. The van der Waals surface area contributed by atoms with E-state index in [1.54, 1.807) is 7.11 Å². The van der Waals surface area contributed by atoms with Crippen molar-refractivity contribution >= 4 is 28.1 Å². The second-order valence-electron chi connectivity index (χ2n) is 6.27. The van der Waals surface area contributed by atoms with Gasteiger partial charge in [0.1, 0.15) is 10.8 Å². The van der Waals surface area contributed by atoms with Crippen LogP contribution in [0.2, 0.25) is 0 Å². The Morgan fingerprint density at radius 3 is 2.75 bits per heavy atom. The molecule has 0 bridgehead atoms. The quantitative estimate of drug-likeness (QED) is 0.441. The number of nitrogens with zero attached hydrogens (tertiary/aromatic N) is 5. The Kier molecular flexibility index (Phi) is 5.14. The highest BCUT2D eigenvalue weighted by molar-refractivity contribution is 7.98. The van der Waals surface area contributed by atoms with E-state index in [4.69, 9.17) is 9.15 Å². The van der Waals surface area contributed by atoms with Gasteiger partial charge in [-0.3, -0.25) is 4.79 Å². The van der Waals surface area contributed by atoms with Crippen molar-refractivity contribution in [3.8, 4) is 17.2 Å². The van der Waals surface area contributed by atoms with Crippen LogP contribution in [-0.2, 0) is 5.75 Å². The fraction of sp³-hybridized carbons (Fsp3) is 0.278. The molecule has 4 aromatic rings. The molecule has 0 aliphatic rings. The molecule has 0 radical (unpaired) electrons. The van der Waals surface area contributed by atoms with Crippen LogP contribution >= 0.6 is 23.1 Å². The minimum atomic E-state index is -0.187. The number of aromatic nitrogens is 5. The minimum absolute atomic E-state index is 0.187. The Morgan fingerprint density at radius 2 is 2.04 bits per heavy atom. The largest absolute Gasteiger partial charge is 0.497 e. The fourth-order valence-corrected chi connectivity index (χ4v) is 4.01. The Bertz CT molecular complexity index is 1160. The van der Waals surface area contributed by atoms with Crippen LogP contribution in [0.25, 0.3) is 16.4 Å². The molecule has 144 valence electrons. The van der Waals surface area contributed by atoms with Crippen molar-refractivity contribution in [3.63, 3.8) is 0 Å². The number of rotatable bonds is 6. The van der Waals surface area contributed by atoms with E-state index in [-0.39, 0.29) is 11.5 Å². The van der Waals surface area contributed by atoms with Crippen molar-refractivity contribution in [2.45, 2.75) is 30.7 Å². The SMILES string of the molecule is COc1ccc(-c2nnc(SCc3cc(=O)n4nc(C(C)C)sc4n3)o2)cc1. The molecule has 0 atom stereocenters. The minimum Gasteiger partial charge on any atom is -0.497 e. The average molecular weight is 416 g/mol. The summed E-state index contributed by atoms with van der Waals surface area (Å²) in [5.74, 6) is 1.89. The summed E-state index contributed by atoms with van der Waals surface area (Å²) in [6, 6.07) is 8.87. The van der Waals surface area contributed by atoms with Crippen LogP contribution in [0.5, 0.6) is 5.75 Å². The van der Waals surface area contributed by atoms with Gasteiger partial charge in [-0.25, -0.2) is 4.98 Å². The van der Waals surface area contributed by atoms with Crippen LogP contribution in [0.4, 0.5) is 0 Å². The maximum absolute atomic E-state index is 12.3. The summed E-state index contributed by atoms with van der Waals surface area (Å²) in [6.45, 7) is 4.07. The second-order valence-corrected chi connectivity index (χ2v) is 8.18. The summed E-state index contributed by atoms with van der Waals surface area (Å²) in [5.41, 5.74) is 1.27. The summed E-state index contributed by atoms with van der Waals surface area (Å²) < 4.78 is 12.2. The van der Waals surface area contributed by atoms with Gasteiger partial charge in [0.05, 0.1) is 12.8 Å². The zero-order valence-electron chi connectivity index (χ0n) is 15.4. The van der Waals surface area contributed by atoms with E-state index >= 15 is 0 Å². The summed E-state index contributed by atoms with van der Waals surface area (Å²) in [5, 5.41) is 13.8. The van der Waals surface area contributed by atoms with Crippen molar-refractivity contribution in [1.29, 1.82) is 0 Å². The van der Waals surface area contributed by atoms with E-state index in [0.717, 1.165) is 16.3 Å². The van der Waals surface area contributed by atoms with Gasteiger partial charge in [0, 0.05) is 23.3 Å². The first kappa shape index (κ1) is 18.6. The maximum Gasteiger partial charge on any atom is 0.277 e. The molecule has 10 heteroatoms. The van der Waals surface area contributed by atoms with Crippen LogP contribution in [0.3, 0.4) is 0 Å². The second kappa shape index (κ2) is 7.72. The van der Waals surface area contributed by atoms with Crippen molar-refractivity contribution in [2.75, 3.05) is 7.11 Å². The van der Waals surface area contributed by atoms with Gasteiger partial charge >= 0.3 is 0 Å². The molecule has 0 fully saturated rings. The topological polar surface area (TPSA) is 95.4 Å². The predicted octanol–water partition coefficient (Wildman–Crippen LogP) is 3.63. The van der Waals surface area contributed by atoms with E-state index in [2.05, 4.69) is 20.3 Å². The molecule has 0 N–H and O–H groups in total. The molecular formula is C18H17N5O3S2. The molecule has 28 heavy (non-hydrogen) atoms. The van der Waals surface area contributed by atoms with E-state index in [9.17, 15) is 4.79 Å². The van der Waals surface area contributed by atoms with Crippen LogP contribution in [0, 0.1) is 0 Å². The highest BCUT2D eigenvalue weighted by Gasteiger charge is 2.13. The highest BCUT2D eigenvalue weighted by atomic mass is 32.2. The van der Waals surface area contributed by atoms with Gasteiger partial charge in [-0.05, 0) is 24.3 Å². The molecule has 0 saturated carbocycles. The third kappa shape index (κ3) is 3.78. The molecular weight excluding hydrogens is 398 g/mol. The van der Waals surface area contributed by atoms with Gasteiger partial charge in [0.25, 0.3) is 10.8 Å². The van der Waals surface area contributed by atoms with E-state index in [0.29, 0.717) is 27.5 Å². The number of fused-ring (bicyclic) bond motifs is 1. The van der Waals surface area contributed by atoms with Crippen molar-refractivity contribution < 1.29 is 9.15 Å². The van der Waals surface area contributed by atoms with Crippen molar-refractivity contribution in [2.24, 2.45) is 0 Å². The van der Waals surface area contributed by atoms with E-state index < -0.39 is 0 Å². The Balaban J connectivity index is 1.50. The maximum atomic E-state index is 12.3. The Hall–Kier alpha value is -2.72. The number of benzene rings is 1. The molecule has 3 heterocycles. The molecule has 4 rings (SSSR count). The first-order valence-corrected chi connectivity index (χ1v) is 10.3. The summed E-state index contributed by atoms with van der Waals surface area (Å²) >= 11 is 2.77. The molecule has 0 unspecified atom stereocenters. The number of ether oxygens (including phenoxy) is 1. The predicted molar refractivity (Wildman–Crippen MR) is 107 cm³/mol. The zero-order chi connectivity index (χ0) is 19.7. The van der Waals surface area contributed by atoms with E-state index in [1.807, 2.05) is 38.1 Å². The third-order valence-corrected chi connectivity index (χ3v) is 5.96. The van der Waals surface area contributed by atoms with Crippen LogP contribution in [0.1, 0.15) is 30.5 Å². The van der Waals surface area contributed by atoms with Crippen molar-refractivity contribution in [3.05, 3.63) is 51.4 Å². The lowest BCUT2D eigenvalue weighted by atomic mass is 10.2. The standard InChI is InChI=1S/C18H17N5O3S2/c1-10(2)16-22-23-14(24)8-12(19-17(23)28-16)9-27-18-21-20-15(26-18)11-4-6-13(25-3)7-5-11/h4-8,10H,9H2,1-3H3. The average Bonchev–Trinajstić information content (AvgIpc) is 3.34. The number of thioether (sulfide) groups is 1. The van der Waals surface area contributed by atoms with Gasteiger partial charge in [-0.1, -0.05) is 36.9 Å². The molecule has 3 aromatic heterocycles. The smallest absolute Gasteiger partial charge is 0.277 e. The fourth-order valence-electron chi connectivity index (χ4n) is 2.43. The van der Waals surface area contributed by atoms with Crippen LogP contribution in [-0.4, -0.2) is 31.9 Å². The van der Waals surface area contributed by atoms with Gasteiger partial charge < -0.3 is 9.15 Å². The Morgan fingerprint density at radius 1 is 1.25 bits per heavy atom. The van der Waals surface area contributed by atoms with E-state index in [1.165, 1.54) is 33.7 Å². The summed E-state index contributed by atoms with van der Waals surface area (Å²) in [7, 11) is 1.61. The lowest BCUT2D eigenvalue weighted by Crippen LogP contribution is -2.15. The number of hydrogen-bond acceptors (Lipinski definition) is 9. The lowest BCUT2D eigenvalue weighted by molar-refractivity contribution is 0.414. The molecule has 0 saturated heterocycles. The van der Waals surface area contributed by atoms with Gasteiger partial charge in [-0.2, -0.15) is 9.61 Å². The van der Waals surface area contributed by atoms with Crippen molar-refractivity contribution in [1.82, 2.24) is 24.8 Å². The third-order valence-electron chi connectivity index (χ3n) is 3.89. The zero-order valence-corrected chi connectivity index (χ0v) is 17.1. The van der Waals surface area contributed by atoms with Gasteiger partial charge in [0.15, 0.2) is 0 Å². The highest BCUT2D eigenvalue weighted by Crippen LogP contribution is 2.27. The number of methoxy groups -OCH3 is 1. The normalized spacial score (nSPS) is 11.4. The molecule has 8 nitrogen and oxygen atoms in total. The van der Waals surface area contributed by atoms with Crippen LogP contribution < -0.4 is 10.3 Å². The molecule has 0 aliphatic carbocycles. The number of hydrogen-bond donors (Lipinski definition) is 0. The van der Waals surface area contributed by atoms with Gasteiger partial charge in [0.2, 0.25) is 10.9 Å². The first-order chi connectivity index (χ1) is 13.5. The summed E-state index contributed by atoms with van der Waals surface area (Å²) in [6.07, 6.45) is 0. The van der Waals surface area contributed by atoms with Gasteiger partial charge in [-0.15, -0.1) is 10.2 Å².